The summed E-state index contributed by atoms with van der Waals surface area (Å²) in [7, 11) is -3.89. The zero-order valence-corrected chi connectivity index (χ0v) is 19.5. The van der Waals surface area contributed by atoms with E-state index in [2.05, 4.69) is 5.32 Å². The zero-order chi connectivity index (χ0) is 23.9. The number of carbonyl (C=O) groups excluding carboxylic acids is 3. The topological polar surface area (TPSA) is 155 Å². The summed E-state index contributed by atoms with van der Waals surface area (Å²) in [6.07, 6.45) is -0.416. The van der Waals surface area contributed by atoms with Crippen LogP contribution in [0.5, 0.6) is 0 Å². The highest BCUT2D eigenvalue weighted by Gasteiger charge is 2.36. The summed E-state index contributed by atoms with van der Waals surface area (Å²) in [5.74, 6) is -1.52. The van der Waals surface area contributed by atoms with Crippen molar-refractivity contribution >= 4 is 28.1 Å². The quantitative estimate of drug-likeness (QED) is 0.191. The number of hydrogen-bond donors (Lipinski definition) is 2. The number of carbonyl (C=O) groups is 3. The number of unbranched alkanes of at least 4 members (excludes halogenated alkanes) is 1. The molecular weight excluding hydrogens is 434 g/mol. The first-order chi connectivity index (χ1) is 14.4. The molecule has 0 aliphatic heterocycles. The van der Waals surface area contributed by atoms with Crippen LogP contribution in [0.4, 0.5) is 4.79 Å². The van der Waals surface area contributed by atoms with E-state index in [1.165, 1.54) is 20.8 Å². The number of esters is 1. The second kappa shape index (κ2) is 15.0. The number of aliphatic hydroxyl groups is 1. The van der Waals surface area contributed by atoms with E-state index in [1.54, 1.807) is 0 Å². The monoisotopic (exact) mass is 469 g/mol. The second-order valence-electron chi connectivity index (χ2n) is 7.57. The summed E-state index contributed by atoms with van der Waals surface area (Å²) in [5, 5.41) is 12.7. The van der Waals surface area contributed by atoms with Gasteiger partial charge in [0.15, 0.2) is 6.10 Å². The van der Waals surface area contributed by atoms with Crippen molar-refractivity contribution in [2.75, 3.05) is 38.7 Å². The molecule has 0 rings (SSSR count). The molecule has 0 fully saturated rings. The average Bonchev–Trinajstić information content (AvgIpc) is 2.69. The Morgan fingerprint density at radius 2 is 1.58 bits per heavy atom. The molecule has 0 aromatic heterocycles. The van der Waals surface area contributed by atoms with Crippen LogP contribution >= 0.6 is 0 Å². The van der Waals surface area contributed by atoms with Gasteiger partial charge in [-0.3, -0.25) is 8.98 Å². The van der Waals surface area contributed by atoms with E-state index in [0.717, 1.165) is 12.8 Å². The standard InChI is InChI=1S/C19H35NO10S/c1-5-6-10-28-18(24)29-12-8-11-27-17(23)16(22)19(3,4)14-30-31(25,26)13-7-9-20-15(2)21/h16,22H,5-14H2,1-4H3,(H,20,21)/t16-/m0/s1. The van der Waals surface area contributed by atoms with E-state index >= 15 is 0 Å². The van der Waals surface area contributed by atoms with Crippen molar-refractivity contribution in [2.45, 2.75) is 59.5 Å². The normalized spacial score (nSPS) is 12.7. The van der Waals surface area contributed by atoms with E-state index in [1.807, 2.05) is 6.92 Å². The van der Waals surface area contributed by atoms with Gasteiger partial charge in [-0.05, 0) is 12.8 Å². The SMILES string of the molecule is CCCCOC(=O)OCCCOC(=O)[C@H](O)C(C)(C)COS(=O)(=O)CCCNC(C)=O. The molecule has 0 bridgehead atoms. The first-order valence-electron chi connectivity index (χ1n) is 10.2. The Morgan fingerprint density at radius 3 is 2.16 bits per heavy atom. The van der Waals surface area contributed by atoms with Gasteiger partial charge in [-0.25, -0.2) is 9.59 Å². The van der Waals surface area contributed by atoms with Crippen LogP contribution in [0.3, 0.4) is 0 Å². The number of nitrogens with one attached hydrogen (secondary N) is 1. The molecule has 2 N–H and O–H groups in total. The third-order valence-corrected chi connectivity index (χ3v) is 5.26. The van der Waals surface area contributed by atoms with Crippen LogP contribution in [0.1, 0.15) is 53.4 Å². The molecule has 182 valence electrons. The molecule has 1 atom stereocenters. The van der Waals surface area contributed by atoms with Gasteiger partial charge in [-0.2, -0.15) is 8.42 Å². The van der Waals surface area contributed by atoms with Crippen molar-refractivity contribution in [1.82, 2.24) is 5.32 Å². The molecule has 0 aromatic carbocycles. The Hall–Kier alpha value is -1.92. The van der Waals surface area contributed by atoms with Crippen LogP contribution in [-0.4, -0.2) is 76.4 Å². The van der Waals surface area contributed by atoms with Gasteiger partial charge in [0.05, 0.1) is 32.2 Å². The minimum Gasteiger partial charge on any atom is -0.464 e. The van der Waals surface area contributed by atoms with Gasteiger partial charge in [0, 0.05) is 25.3 Å². The molecular formula is C19H35NO10S. The lowest BCUT2D eigenvalue weighted by Gasteiger charge is -2.28. The Labute approximate surface area is 183 Å². The van der Waals surface area contributed by atoms with E-state index in [4.69, 9.17) is 18.4 Å². The highest BCUT2D eigenvalue weighted by molar-refractivity contribution is 7.86. The van der Waals surface area contributed by atoms with Crippen LogP contribution in [-0.2, 0) is 38.1 Å². The largest absolute Gasteiger partial charge is 0.508 e. The van der Waals surface area contributed by atoms with Gasteiger partial charge in [0.1, 0.15) is 0 Å². The van der Waals surface area contributed by atoms with E-state index in [9.17, 15) is 27.9 Å². The molecule has 11 nitrogen and oxygen atoms in total. The Morgan fingerprint density at radius 1 is 1.00 bits per heavy atom. The lowest BCUT2D eigenvalue weighted by atomic mass is 9.88. The summed E-state index contributed by atoms with van der Waals surface area (Å²) in [5.41, 5.74) is -1.23. The second-order valence-corrected chi connectivity index (χ2v) is 9.33. The lowest BCUT2D eigenvalue weighted by molar-refractivity contribution is -0.161. The first kappa shape index (κ1) is 29.1. The molecule has 0 saturated heterocycles. The third-order valence-electron chi connectivity index (χ3n) is 3.99. The maximum atomic E-state index is 12.0. The fourth-order valence-electron chi connectivity index (χ4n) is 2.02. The molecule has 31 heavy (non-hydrogen) atoms. The third kappa shape index (κ3) is 14.7. The highest BCUT2D eigenvalue weighted by atomic mass is 32.2. The van der Waals surface area contributed by atoms with E-state index in [0.29, 0.717) is 0 Å². The van der Waals surface area contributed by atoms with Crippen molar-refractivity contribution in [1.29, 1.82) is 0 Å². The molecule has 0 unspecified atom stereocenters. The van der Waals surface area contributed by atoms with Crippen LogP contribution < -0.4 is 5.32 Å². The summed E-state index contributed by atoms with van der Waals surface area (Å²) < 4.78 is 43.3. The van der Waals surface area contributed by atoms with Crippen molar-refractivity contribution in [3.05, 3.63) is 0 Å². The molecule has 0 saturated carbocycles. The van der Waals surface area contributed by atoms with Gasteiger partial charge < -0.3 is 24.6 Å². The van der Waals surface area contributed by atoms with Gasteiger partial charge in [0.2, 0.25) is 5.91 Å². The van der Waals surface area contributed by atoms with Gasteiger partial charge in [-0.1, -0.05) is 27.2 Å². The van der Waals surface area contributed by atoms with Crippen LogP contribution in [0, 0.1) is 5.41 Å². The first-order valence-corrected chi connectivity index (χ1v) is 11.7. The summed E-state index contributed by atoms with van der Waals surface area (Å²) in [6, 6.07) is 0. The van der Waals surface area contributed by atoms with Crippen molar-refractivity contribution in [3.8, 4) is 0 Å². The molecule has 0 radical (unpaired) electrons. The fourth-order valence-corrected chi connectivity index (χ4v) is 3.12. The molecule has 0 aliphatic rings. The minimum absolute atomic E-state index is 0.0163. The molecule has 0 spiro atoms. The summed E-state index contributed by atoms with van der Waals surface area (Å²) in [6.45, 7) is 6.12. The van der Waals surface area contributed by atoms with Gasteiger partial charge in [0.25, 0.3) is 10.1 Å². The predicted molar refractivity (Wildman–Crippen MR) is 111 cm³/mol. The van der Waals surface area contributed by atoms with Crippen molar-refractivity contribution in [2.24, 2.45) is 5.41 Å². The summed E-state index contributed by atoms with van der Waals surface area (Å²) in [4.78, 5) is 34.0. The van der Waals surface area contributed by atoms with Crippen LogP contribution in [0.15, 0.2) is 0 Å². The number of aliphatic hydroxyl groups excluding tert-OH is 1. The number of amides is 1. The van der Waals surface area contributed by atoms with Gasteiger partial charge >= 0.3 is 12.1 Å². The highest BCUT2D eigenvalue weighted by Crippen LogP contribution is 2.23. The molecule has 0 aromatic rings. The average molecular weight is 470 g/mol. The summed E-state index contributed by atoms with van der Waals surface area (Å²) >= 11 is 0. The van der Waals surface area contributed by atoms with E-state index < -0.39 is 40.4 Å². The van der Waals surface area contributed by atoms with Gasteiger partial charge in [-0.15, -0.1) is 0 Å². The maximum absolute atomic E-state index is 12.0. The maximum Gasteiger partial charge on any atom is 0.508 e. The zero-order valence-electron chi connectivity index (χ0n) is 18.7. The predicted octanol–water partition coefficient (Wildman–Crippen LogP) is 1.13. The van der Waals surface area contributed by atoms with Crippen molar-refractivity contribution in [3.63, 3.8) is 0 Å². The molecule has 1 amide bonds. The number of ether oxygens (including phenoxy) is 3. The van der Waals surface area contributed by atoms with Crippen LogP contribution in [0.25, 0.3) is 0 Å². The molecule has 0 heterocycles. The molecule has 0 aliphatic carbocycles. The Balaban J connectivity index is 4.21. The van der Waals surface area contributed by atoms with E-state index in [-0.39, 0.29) is 50.9 Å². The Bertz CT molecular complexity index is 663. The number of hydrogen-bond acceptors (Lipinski definition) is 10. The van der Waals surface area contributed by atoms with Crippen LogP contribution in [0.2, 0.25) is 0 Å². The Kier molecular flexibility index (Phi) is 14.0. The smallest absolute Gasteiger partial charge is 0.464 e. The van der Waals surface area contributed by atoms with Crippen molar-refractivity contribution < 1.29 is 46.3 Å². The lowest BCUT2D eigenvalue weighted by Crippen LogP contribution is -2.41. The number of rotatable bonds is 16. The minimum atomic E-state index is -3.89. The fraction of sp³-hybridized carbons (Fsp3) is 0.842. The molecule has 12 heteroatoms.